The van der Waals surface area contributed by atoms with E-state index in [0.29, 0.717) is 17.2 Å². The van der Waals surface area contributed by atoms with Crippen LogP contribution in [0, 0.1) is 0 Å². The fourth-order valence-electron chi connectivity index (χ4n) is 5.65. The number of hydrogen-bond acceptors (Lipinski definition) is 3. The highest BCUT2D eigenvalue weighted by Gasteiger charge is 2.19. The summed E-state index contributed by atoms with van der Waals surface area (Å²) in [6.07, 6.45) is 0. The Hall–Kier alpha value is -6.06. The van der Waals surface area contributed by atoms with Gasteiger partial charge in [-0.15, -0.1) is 0 Å². The molecule has 0 fully saturated rings. The van der Waals surface area contributed by atoms with Gasteiger partial charge in [-0.1, -0.05) is 152 Å². The summed E-state index contributed by atoms with van der Waals surface area (Å²) in [5.74, 6) is 1.90. The normalized spacial score (nSPS) is 10.8. The second-order valence-corrected chi connectivity index (χ2v) is 10.6. The third-order valence-electron chi connectivity index (χ3n) is 7.77. The maximum Gasteiger partial charge on any atom is 0.211 e. The molecular weight excluding hydrogens is 552 g/mol. The van der Waals surface area contributed by atoms with E-state index in [-0.39, 0.29) is 11.5 Å². The first-order valence-corrected chi connectivity index (χ1v) is 14.9. The van der Waals surface area contributed by atoms with Gasteiger partial charge in [-0.05, 0) is 57.6 Å². The van der Waals surface area contributed by atoms with Crippen LogP contribution in [0.3, 0.4) is 0 Å². The van der Waals surface area contributed by atoms with Crippen molar-refractivity contribution >= 4 is 0 Å². The molecule has 0 heterocycles. The molecule has 0 aromatic heterocycles. The van der Waals surface area contributed by atoms with E-state index in [1.807, 2.05) is 109 Å². The van der Waals surface area contributed by atoms with Crippen molar-refractivity contribution in [1.29, 1.82) is 0 Å². The van der Waals surface area contributed by atoms with Gasteiger partial charge in [0, 0.05) is 11.1 Å². The van der Waals surface area contributed by atoms with Crippen LogP contribution in [0.15, 0.2) is 176 Å². The van der Waals surface area contributed by atoms with Crippen LogP contribution >= 0.6 is 0 Å². The van der Waals surface area contributed by atoms with Crippen molar-refractivity contribution < 1.29 is 14.6 Å². The molecule has 0 amide bonds. The Balaban J connectivity index is 1.28. The molecule has 3 nitrogen and oxygen atoms in total. The van der Waals surface area contributed by atoms with E-state index in [1.165, 1.54) is 0 Å². The molecule has 0 bridgehead atoms. The first-order chi connectivity index (χ1) is 22.3. The van der Waals surface area contributed by atoms with Crippen molar-refractivity contribution in [2.24, 2.45) is 0 Å². The monoisotopic (exact) mass is 582 g/mol. The van der Waals surface area contributed by atoms with Crippen LogP contribution in [0.1, 0.15) is 0 Å². The van der Waals surface area contributed by atoms with Gasteiger partial charge in [0.25, 0.3) is 0 Å². The van der Waals surface area contributed by atoms with E-state index in [9.17, 15) is 5.11 Å². The molecule has 3 heteroatoms. The zero-order chi connectivity index (χ0) is 30.4. The quantitative estimate of drug-likeness (QED) is 0.194. The zero-order valence-corrected chi connectivity index (χ0v) is 24.5. The highest BCUT2D eigenvalue weighted by atomic mass is 16.5. The molecule has 0 atom stereocenters. The Bertz CT molecular complexity index is 2070. The highest BCUT2D eigenvalue weighted by molar-refractivity contribution is 5.87. The third kappa shape index (κ3) is 5.80. The van der Waals surface area contributed by atoms with E-state index < -0.39 is 0 Å². The second kappa shape index (κ2) is 12.7. The lowest BCUT2D eigenvalue weighted by atomic mass is 9.94. The Morgan fingerprint density at radius 3 is 1.18 bits per heavy atom. The molecule has 0 saturated heterocycles. The number of ether oxygens (including phenoxy) is 2. The SMILES string of the molecule is Oc1cccc(Oc2ccccc2-c2ccccc2-c2ccccc2)c1Oc1ccccc1-c1ccccc1-c1ccccc1. The summed E-state index contributed by atoms with van der Waals surface area (Å²) >= 11 is 0. The van der Waals surface area contributed by atoms with Gasteiger partial charge in [-0.3, -0.25) is 0 Å². The zero-order valence-electron chi connectivity index (χ0n) is 24.5. The first kappa shape index (κ1) is 27.8. The summed E-state index contributed by atoms with van der Waals surface area (Å²) < 4.78 is 13.1. The Morgan fingerprint density at radius 2 is 0.667 bits per heavy atom. The smallest absolute Gasteiger partial charge is 0.211 e. The first-order valence-electron chi connectivity index (χ1n) is 14.9. The summed E-state index contributed by atoms with van der Waals surface area (Å²) in [5.41, 5.74) is 8.34. The van der Waals surface area contributed by atoms with Crippen LogP contribution in [-0.2, 0) is 0 Å². The average Bonchev–Trinajstić information content (AvgIpc) is 3.11. The van der Waals surface area contributed by atoms with Crippen LogP contribution in [0.5, 0.6) is 28.7 Å². The van der Waals surface area contributed by atoms with E-state index in [4.69, 9.17) is 9.47 Å². The molecule has 7 aromatic rings. The minimum atomic E-state index is -0.0131. The number of para-hydroxylation sites is 3. The molecular formula is C42H30O3. The number of rotatable bonds is 8. The number of aromatic hydroxyl groups is 1. The fraction of sp³-hybridized carbons (Fsp3) is 0. The van der Waals surface area contributed by atoms with Crippen LogP contribution in [0.25, 0.3) is 44.5 Å². The molecule has 0 radical (unpaired) electrons. The molecule has 0 aliphatic carbocycles. The van der Waals surface area contributed by atoms with Crippen LogP contribution < -0.4 is 9.47 Å². The van der Waals surface area contributed by atoms with Gasteiger partial charge in [0.05, 0.1) is 0 Å². The lowest BCUT2D eigenvalue weighted by Gasteiger charge is -2.19. The van der Waals surface area contributed by atoms with Gasteiger partial charge in [0.1, 0.15) is 11.5 Å². The van der Waals surface area contributed by atoms with Crippen LogP contribution in [-0.4, -0.2) is 5.11 Å². The predicted octanol–water partition coefficient (Wildman–Crippen LogP) is 11.6. The number of hydrogen-bond donors (Lipinski definition) is 1. The largest absolute Gasteiger partial charge is 0.504 e. The summed E-state index contributed by atoms with van der Waals surface area (Å²) in [6.45, 7) is 0. The van der Waals surface area contributed by atoms with Gasteiger partial charge in [-0.25, -0.2) is 0 Å². The van der Waals surface area contributed by atoms with Gasteiger partial charge in [0.15, 0.2) is 11.5 Å². The molecule has 0 aliphatic heterocycles. The second-order valence-electron chi connectivity index (χ2n) is 10.6. The average molecular weight is 583 g/mol. The molecule has 216 valence electrons. The van der Waals surface area contributed by atoms with Gasteiger partial charge in [0.2, 0.25) is 5.75 Å². The summed E-state index contributed by atoms with van der Waals surface area (Å²) in [6, 6.07) is 58.2. The molecule has 7 aromatic carbocycles. The van der Waals surface area contributed by atoms with Crippen molar-refractivity contribution in [2.75, 3.05) is 0 Å². The summed E-state index contributed by atoms with van der Waals surface area (Å²) in [5, 5.41) is 11.1. The lowest BCUT2D eigenvalue weighted by Crippen LogP contribution is -1.95. The standard InChI is InChI=1S/C42H30O3/c43-38-26-15-29-41(44-39-27-13-11-24-36(39)34-22-9-7-20-32(34)30-16-3-1-4-17-30)42(38)45-40-28-14-12-25-37(40)35-23-10-8-21-33(35)31-18-5-2-6-19-31/h1-29,43H. The maximum absolute atomic E-state index is 11.1. The topological polar surface area (TPSA) is 38.7 Å². The van der Waals surface area contributed by atoms with Crippen molar-refractivity contribution in [1.82, 2.24) is 0 Å². The van der Waals surface area contributed by atoms with E-state index in [0.717, 1.165) is 44.5 Å². The molecule has 0 spiro atoms. The Morgan fingerprint density at radius 1 is 0.289 bits per heavy atom. The van der Waals surface area contributed by atoms with E-state index >= 15 is 0 Å². The van der Waals surface area contributed by atoms with Crippen molar-refractivity contribution in [3.8, 4) is 73.3 Å². The number of phenols is 1. The molecule has 1 N–H and O–H groups in total. The predicted molar refractivity (Wildman–Crippen MR) is 183 cm³/mol. The van der Waals surface area contributed by atoms with Crippen LogP contribution in [0.2, 0.25) is 0 Å². The number of benzene rings is 7. The Kier molecular flexibility index (Phi) is 7.81. The van der Waals surface area contributed by atoms with E-state index in [2.05, 4.69) is 54.6 Å². The summed E-state index contributed by atoms with van der Waals surface area (Å²) in [4.78, 5) is 0. The summed E-state index contributed by atoms with van der Waals surface area (Å²) in [7, 11) is 0. The molecule has 7 rings (SSSR count). The van der Waals surface area contributed by atoms with Crippen LogP contribution in [0.4, 0.5) is 0 Å². The Labute approximate surface area is 263 Å². The van der Waals surface area contributed by atoms with Gasteiger partial charge >= 0.3 is 0 Å². The number of phenolic OH excluding ortho intramolecular Hbond substituents is 1. The minimum absolute atomic E-state index is 0.0131. The van der Waals surface area contributed by atoms with E-state index in [1.54, 1.807) is 12.1 Å². The van der Waals surface area contributed by atoms with Gasteiger partial charge < -0.3 is 14.6 Å². The minimum Gasteiger partial charge on any atom is -0.504 e. The molecule has 0 unspecified atom stereocenters. The molecule has 0 aliphatic rings. The lowest BCUT2D eigenvalue weighted by molar-refractivity contribution is 0.382. The molecule has 45 heavy (non-hydrogen) atoms. The van der Waals surface area contributed by atoms with Gasteiger partial charge in [-0.2, -0.15) is 0 Å². The maximum atomic E-state index is 11.1. The third-order valence-corrected chi connectivity index (χ3v) is 7.77. The molecule has 0 saturated carbocycles. The highest BCUT2D eigenvalue weighted by Crippen LogP contribution is 2.47. The fourth-order valence-corrected chi connectivity index (χ4v) is 5.65. The van der Waals surface area contributed by atoms with Crippen molar-refractivity contribution in [2.45, 2.75) is 0 Å². The van der Waals surface area contributed by atoms with Crippen molar-refractivity contribution in [3.05, 3.63) is 176 Å². The van der Waals surface area contributed by atoms with Crippen molar-refractivity contribution in [3.63, 3.8) is 0 Å².